The first kappa shape index (κ1) is 18.4. The monoisotopic (exact) mass is 414 g/mol. The molecule has 1 aromatic heterocycles. The SMILES string of the molecule is O=C(O)c1c/c(=N/S(=O)(=O)c2ccc(F)cc2)c2c(Cl)cc(Cl)cc2[nH]1. The number of benzene rings is 2. The molecule has 10 heteroatoms. The molecule has 0 atom stereocenters. The van der Waals surface area contributed by atoms with Gasteiger partial charge in [-0.05, 0) is 42.5 Å². The van der Waals surface area contributed by atoms with Gasteiger partial charge < -0.3 is 10.1 Å². The van der Waals surface area contributed by atoms with Crippen LogP contribution in [0.2, 0.25) is 10.0 Å². The number of halogens is 3. The number of aromatic carboxylic acids is 1. The number of hydrogen-bond donors (Lipinski definition) is 2. The van der Waals surface area contributed by atoms with Crippen LogP contribution < -0.4 is 5.36 Å². The van der Waals surface area contributed by atoms with E-state index in [4.69, 9.17) is 23.2 Å². The van der Waals surface area contributed by atoms with Crippen molar-refractivity contribution in [1.82, 2.24) is 4.98 Å². The van der Waals surface area contributed by atoms with Gasteiger partial charge in [-0.15, -0.1) is 0 Å². The highest BCUT2D eigenvalue weighted by Gasteiger charge is 2.16. The minimum Gasteiger partial charge on any atom is -0.477 e. The van der Waals surface area contributed by atoms with Crippen molar-refractivity contribution in [3.05, 3.63) is 69.4 Å². The third kappa shape index (κ3) is 3.57. The number of pyridine rings is 1. The predicted molar refractivity (Wildman–Crippen MR) is 94.4 cm³/mol. The van der Waals surface area contributed by atoms with Gasteiger partial charge in [0.15, 0.2) is 0 Å². The molecule has 0 aliphatic carbocycles. The molecule has 2 aromatic carbocycles. The molecule has 0 radical (unpaired) electrons. The lowest BCUT2D eigenvalue weighted by atomic mass is 10.2. The van der Waals surface area contributed by atoms with Crippen LogP contribution >= 0.6 is 23.2 Å². The molecular weight excluding hydrogens is 406 g/mol. The first-order valence-corrected chi connectivity index (χ1v) is 9.19. The summed E-state index contributed by atoms with van der Waals surface area (Å²) in [7, 11) is -4.23. The van der Waals surface area contributed by atoms with Gasteiger partial charge in [0.2, 0.25) is 0 Å². The molecule has 26 heavy (non-hydrogen) atoms. The van der Waals surface area contributed by atoms with Crippen LogP contribution in [-0.2, 0) is 10.0 Å². The van der Waals surface area contributed by atoms with Crippen molar-refractivity contribution < 1.29 is 22.7 Å². The Morgan fingerprint density at radius 3 is 2.38 bits per heavy atom. The van der Waals surface area contributed by atoms with Crippen molar-refractivity contribution >= 4 is 50.1 Å². The van der Waals surface area contributed by atoms with Crippen LogP contribution in [0.15, 0.2) is 51.8 Å². The standard InChI is InChI=1S/C16H9Cl2FN2O4S/c17-8-5-11(18)15-12(6-8)20-14(16(22)23)7-13(15)21-26(24,25)10-3-1-9(19)2-4-10/h1-7H,(H,20,21)(H,22,23). The molecular formula is C16H9Cl2FN2O4S. The van der Waals surface area contributed by atoms with E-state index in [0.717, 1.165) is 30.3 Å². The normalized spacial score (nSPS) is 12.5. The average molecular weight is 415 g/mol. The van der Waals surface area contributed by atoms with Crippen molar-refractivity contribution in [3.8, 4) is 0 Å². The molecule has 0 aliphatic heterocycles. The fourth-order valence-corrected chi connectivity index (χ4v) is 3.88. The first-order chi connectivity index (χ1) is 12.2. The van der Waals surface area contributed by atoms with Crippen LogP contribution in [0.3, 0.4) is 0 Å². The average Bonchev–Trinajstić information content (AvgIpc) is 2.53. The maximum atomic E-state index is 13.0. The highest BCUT2D eigenvalue weighted by Crippen LogP contribution is 2.25. The van der Waals surface area contributed by atoms with Gasteiger partial charge in [0.1, 0.15) is 11.5 Å². The Kier molecular flexibility index (Phi) is 4.74. The third-order valence-electron chi connectivity index (χ3n) is 3.42. The summed E-state index contributed by atoms with van der Waals surface area (Å²) in [6.45, 7) is 0. The summed E-state index contributed by atoms with van der Waals surface area (Å²) in [6, 6.07) is 7.90. The number of carboxylic acid groups (broad SMARTS) is 1. The number of aromatic nitrogens is 1. The number of sulfonamides is 1. The second kappa shape index (κ2) is 6.71. The van der Waals surface area contributed by atoms with E-state index in [1.165, 1.54) is 12.1 Å². The van der Waals surface area contributed by atoms with Gasteiger partial charge in [0.25, 0.3) is 10.0 Å². The van der Waals surface area contributed by atoms with Crippen molar-refractivity contribution in [2.45, 2.75) is 4.90 Å². The van der Waals surface area contributed by atoms with Crippen LogP contribution in [0.5, 0.6) is 0 Å². The summed E-state index contributed by atoms with van der Waals surface area (Å²) in [4.78, 5) is 13.7. The number of aromatic amines is 1. The maximum absolute atomic E-state index is 13.0. The van der Waals surface area contributed by atoms with Crippen LogP contribution in [0.25, 0.3) is 10.9 Å². The number of carbonyl (C=O) groups is 1. The minimum absolute atomic E-state index is 0.0914. The van der Waals surface area contributed by atoms with E-state index in [0.29, 0.717) is 0 Å². The molecule has 0 saturated heterocycles. The second-order valence-corrected chi connectivity index (χ2v) is 7.65. The van der Waals surface area contributed by atoms with Crippen molar-refractivity contribution in [2.75, 3.05) is 0 Å². The molecule has 0 saturated carbocycles. The highest BCUT2D eigenvalue weighted by molar-refractivity contribution is 7.90. The van der Waals surface area contributed by atoms with Gasteiger partial charge in [0, 0.05) is 10.4 Å². The number of carboxylic acids is 1. The Morgan fingerprint density at radius 2 is 1.77 bits per heavy atom. The number of hydrogen-bond acceptors (Lipinski definition) is 3. The molecule has 1 heterocycles. The first-order valence-electron chi connectivity index (χ1n) is 6.99. The summed E-state index contributed by atoms with van der Waals surface area (Å²) in [5.74, 6) is -1.92. The van der Waals surface area contributed by atoms with E-state index >= 15 is 0 Å². The number of H-pyrrole nitrogens is 1. The molecule has 3 rings (SSSR count). The van der Waals surface area contributed by atoms with E-state index < -0.39 is 21.8 Å². The molecule has 2 N–H and O–H groups in total. The molecule has 6 nitrogen and oxygen atoms in total. The molecule has 0 aliphatic rings. The van der Waals surface area contributed by atoms with E-state index in [9.17, 15) is 22.7 Å². The summed E-state index contributed by atoms with van der Waals surface area (Å²) in [5.41, 5.74) is -0.0978. The number of nitrogens with one attached hydrogen (secondary N) is 1. The van der Waals surface area contributed by atoms with Crippen LogP contribution in [0, 0.1) is 5.82 Å². The Balaban J connectivity index is 2.37. The minimum atomic E-state index is -4.23. The van der Waals surface area contributed by atoms with Crippen molar-refractivity contribution in [3.63, 3.8) is 0 Å². The highest BCUT2D eigenvalue weighted by atomic mass is 35.5. The molecule has 0 unspecified atom stereocenters. The van der Waals surface area contributed by atoms with Gasteiger partial charge in [-0.1, -0.05) is 23.2 Å². The quantitative estimate of drug-likeness (QED) is 0.683. The summed E-state index contributed by atoms with van der Waals surface area (Å²) in [5, 5.41) is 9.55. The lowest BCUT2D eigenvalue weighted by Gasteiger charge is -2.06. The molecule has 3 aromatic rings. The topological polar surface area (TPSA) is 99.6 Å². The summed E-state index contributed by atoms with van der Waals surface area (Å²) < 4.78 is 41.7. The van der Waals surface area contributed by atoms with Gasteiger partial charge in [-0.3, -0.25) is 0 Å². The largest absolute Gasteiger partial charge is 0.477 e. The molecule has 0 amide bonds. The number of rotatable bonds is 3. The third-order valence-corrected chi connectivity index (χ3v) is 5.24. The summed E-state index contributed by atoms with van der Waals surface area (Å²) >= 11 is 12.1. The Hall–Kier alpha value is -2.42. The van der Waals surface area contributed by atoms with Gasteiger partial charge >= 0.3 is 5.97 Å². The molecule has 0 bridgehead atoms. The zero-order valence-electron chi connectivity index (χ0n) is 12.7. The van der Waals surface area contributed by atoms with E-state index in [1.807, 2.05) is 0 Å². The van der Waals surface area contributed by atoms with Crippen LogP contribution in [-0.4, -0.2) is 24.5 Å². The lowest BCUT2D eigenvalue weighted by Crippen LogP contribution is -2.14. The van der Waals surface area contributed by atoms with E-state index in [1.54, 1.807) is 0 Å². The van der Waals surface area contributed by atoms with Gasteiger partial charge in [-0.2, -0.15) is 12.8 Å². The number of fused-ring (bicyclic) bond motifs is 1. The second-order valence-electron chi connectivity index (χ2n) is 5.20. The van der Waals surface area contributed by atoms with Gasteiger partial charge in [-0.25, -0.2) is 9.18 Å². The van der Waals surface area contributed by atoms with Crippen LogP contribution in [0.4, 0.5) is 4.39 Å². The summed E-state index contributed by atoms with van der Waals surface area (Å²) in [6.07, 6.45) is 0. The fourth-order valence-electron chi connectivity index (χ4n) is 2.30. The fraction of sp³-hybridized carbons (Fsp3) is 0. The van der Waals surface area contributed by atoms with Gasteiger partial charge in [0.05, 0.1) is 20.8 Å². The van der Waals surface area contributed by atoms with E-state index in [2.05, 4.69) is 9.38 Å². The lowest BCUT2D eigenvalue weighted by molar-refractivity contribution is 0.0690. The number of nitrogens with zero attached hydrogens (tertiary/aromatic N) is 1. The zero-order valence-corrected chi connectivity index (χ0v) is 15.0. The molecule has 0 fully saturated rings. The predicted octanol–water partition coefficient (Wildman–Crippen LogP) is 3.60. The maximum Gasteiger partial charge on any atom is 0.352 e. The Labute approximate surface area is 156 Å². The Morgan fingerprint density at radius 1 is 1.12 bits per heavy atom. The molecule has 134 valence electrons. The van der Waals surface area contributed by atoms with E-state index in [-0.39, 0.29) is 36.9 Å². The van der Waals surface area contributed by atoms with Crippen molar-refractivity contribution in [2.24, 2.45) is 4.40 Å². The molecule has 0 spiro atoms. The van der Waals surface area contributed by atoms with Crippen molar-refractivity contribution in [1.29, 1.82) is 0 Å². The zero-order chi connectivity index (χ0) is 19.1. The Bertz CT molecular complexity index is 1210. The smallest absolute Gasteiger partial charge is 0.352 e. The van der Waals surface area contributed by atoms with Crippen LogP contribution in [0.1, 0.15) is 10.5 Å².